The normalized spacial score (nSPS) is 18.8. The Morgan fingerprint density at radius 2 is 2.00 bits per heavy atom. The molecule has 0 radical (unpaired) electrons. The molecule has 7 heteroatoms. The van der Waals surface area contributed by atoms with Crippen molar-refractivity contribution in [1.29, 1.82) is 0 Å². The van der Waals surface area contributed by atoms with Crippen molar-refractivity contribution in [3.8, 4) is 0 Å². The Morgan fingerprint density at radius 3 is 2.76 bits per heavy atom. The van der Waals surface area contributed by atoms with Gasteiger partial charge in [0, 0.05) is 69.0 Å². The molecular weight excluding hydrogens is 421 g/mol. The first-order chi connectivity index (χ1) is 16.0. The minimum Gasteiger partial charge on any atom is -0.381 e. The van der Waals surface area contributed by atoms with Crippen LogP contribution in [0.3, 0.4) is 0 Å². The molecule has 0 spiro atoms. The maximum atomic E-state index is 13.1. The highest BCUT2D eigenvalue weighted by Gasteiger charge is 2.31. The summed E-state index contributed by atoms with van der Waals surface area (Å²) in [4.78, 5) is 26.4. The van der Waals surface area contributed by atoms with Crippen molar-refractivity contribution in [3.05, 3.63) is 35.0 Å². The third kappa shape index (κ3) is 5.24. The summed E-state index contributed by atoms with van der Waals surface area (Å²) in [6.07, 6.45) is 6.56. The number of rotatable bonds is 8. The van der Waals surface area contributed by atoms with Crippen LogP contribution in [0.4, 0.5) is 4.39 Å². The number of aryl methyl sites for hydroxylation is 1. The van der Waals surface area contributed by atoms with E-state index in [0.29, 0.717) is 24.4 Å². The van der Waals surface area contributed by atoms with E-state index in [1.165, 1.54) is 28.6 Å². The Morgan fingerprint density at radius 1 is 1.21 bits per heavy atom. The van der Waals surface area contributed by atoms with E-state index in [-0.39, 0.29) is 24.8 Å². The van der Waals surface area contributed by atoms with Crippen LogP contribution in [0.15, 0.2) is 18.2 Å². The summed E-state index contributed by atoms with van der Waals surface area (Å²) in [7, 11) is 3.91. The van der Waals surface area contributed by atoms with Gasteiger partial charge in [-0.15, -0.1) is 0 Å². The van der Waals surface area contributed by atoms with Crippen LogP contribution in [0.25, 0.3) is 10.9 Å². The first-order valence-electron chi connectivity index (χ1n) is 12.3. The van der Waals surface area contributed by atoms with Crippen molar-refractivity contribution in [2.45, 2.75) is 44.9 Å². The van der Waals surface area contributed by atoms with Crippen LogP contribution in [0.1, 0.15) is 53.7 Å². The van der Waals surface area contributed by atoms with E-state index in [9.17, 15) is 14.0 Å². The number of fused-ring (bicyclic) bond motifs is 3. The van der Waals surface area contributed by atoms with Crippen molar-refractivity contribution < 1.29 is 18.7 Å². The Bertz CT molecular complexity index is 996. The summed E-state index contributed by atoms with van der Waals surface area (Å²) < 4.78 is 20.0. The molecule has 1 aliphatic heterocycles. The van der Waals surface area contributed by atoms with Crippen molar-refractivity contribution in [2.24, 2.45) is 18.9 Å². The number of hydrogen-bond donors (Lipinski definition) is 1. The molecule has 1 N–H and O–H groups in total. The summed E-state index contributed by atoms with van der Waals surface area (Å²) in [5.41, 5.74) is 4.70. The molecule has 33 heavy (non-hydrogen) atoms. The highest BCUT2D eigenvalue weighted by molar-refractivity contribution is 5.99. The molecule has 1 atom stereocenters. The van der Waals surface area contributed by atoms with Crippen LogP contribution in [-0.4, -0.2) is 61.3 Å². The maximum Gasteiger partial charge on any atom is 0.253 e. The molecule has 0 saturated carbocycles. The number of carbonyl (C=O) groups excluding carboxylic acids is 2. The zero-order valence-electron chi connectivity index (χ0n) is 19.9. The standard InChI is InChI=1S/C26H36FN3O3/c1-29(13-3-4-25(31)28-12-11-27)26(32)20-6-8-24-22(17-20)21-16-19(5-7-23(21)30(24)2)18-9-14-33-15-10-18/h6,8,17-19H,3-5,7,9-16H2,1-2H3,(H,28,31)/t19-/m0/s1. The number of halogens is 1. The fourth-order valence-electron chi connectivity index (χ4n) is 5.60. The van der Waals surface area contributed by atoms with Gasteiger partial charge in [-0.2, -0.15) is 0 Å². The SMILES string of the molecule is CN(CCCC(=O)NCCF)C(=O)c1ccc2c(c1)c1c(n2C)CC[C@H](C2CCOCC2)C1. The molecule has 1 aliphatic carbocycles. The average Bonchev–Trinajstić information content (AvgIpc) is 3.13. The van der Waals surface area contributed by atoms with Crippen molar-refractivity contribution in [2.75, 3.05) is 40.0 Å². The molecule has 6 nitrogen and oxygen atoms in total. The number of ether oxygens (including phenoxy) is 1. The number of amides is 2. The van der Waals surface area contributed by atoms with Crippen molar-refractivity contribution in [3.63, 3.8) is 0 Å². The molecule has 1 saturated heterocycles. The van der Waals surface area contributed by atoms with Gasteiger partial charge in [0.25, 0.3) is 5.91 Å². The maximum absolute atomic E-state index is 13.1. The number of carbonyl (C=O) groups is 2. The predicted molar refractivity (Wildman–Crippen MR) is 127 cm³/mol. The van der Waals surface area contributed by atoms with E-state index in [1.54, 1.807) is 11.9 Å². The highest BCUT2D eigenvalue weighted by Crippen LogP contribution is 2.39. The number of alkyl halides is 1. The number of nitrogens with zero attached hydrogens (tertiary/aromatic N) is 2. The lowest BCUT2D eigenvalue weighted by Gasteiger charge is -2.33. The van der Waals surface area contributed by atoms with E-state index in [0.717, 1.165) is 44.8 Å². The van der Waals surface area contributed by atoms with Crippen LogP contribution in [0.2, 0.25) is 0 Å². The molecular formula is C26H36FN3O3. The smallest absolute Gasteiger partial charge is 0.253 e. The lowest BCUT2D eigenvalue weighted by atomic mass is 9.75. The van der Waals surface area contributed by atoms with Crippen molar-refractivity contribution >= 4 is 22.7 Å². The molecule has 1 fully saturated rings. The lowest BCUT2D eigenvalue weighted by molar-refractivity contribution is -0.121. The van der Waals surface area contributed by atoms with Gasteiger partial charge in [-0.25, -0.2) is 4.39 Å². The third-order valence-electron chi connectivity index (χ3n) is 7.49. The Balaban J connectivity index is 1.46. The quantitative estimate of drug-likeness (QED) is 0.658. The van der Waals surface area contributed by atoms with Crippen LogP contribution in [0.5, 0.6) is 0 Å². The molecule has 1 aromatic carbocycles. The summed E-state index contributed by atoms with van der Waals surface area (Å²) in [5, 5.41) is 3.72. The second kappa shape index (κ2) is 10.7. The third-order valence-corrected chi connectivity index (χ3v) is 7.49. The van der Waals surface area contributed by atoms with Gasteiger partial charge in [0.15, 0.2) is 0 Å². The summed E-state index contributed by atoms with van der Waals surface area (Å²) >= 11 is 0. The van der Waals surface area contributed by atoms with Gasteiger partial charge in [0.1, 0.15) is 6.67 Å². The molecule has 2 heterocycles. The minimum atomic E-state index is -0.564. The van der Waals surface area contributed by atoms with E-state index in [2.05, 4.69) is 29.1 Å². The molecule has 2 aromatic rings. The fraction of sp³-hybridized carbons (Fsp3) is 0.615. The van der Waals surface area contributed by atoms with Crippen LogP contribution < -0.4 is 5.32 Å². The van der Waals surface area contributed by atoms with E-state index >= 15 is 0 Å². The zero-order valence-corrected chi connectivity index (χ0v) is 19.9. The van der Waals surface area contributed by atoms with Gasteiger partial charge in [-0.1, -0.05) is 0 Å². The molecule has 0 unspecified atom stereocenters. The van der Waals surface area contributed by atoms with Gasteiger partial charge in [0.2, 0.25) is 5.91 Å². The number of nitrogens with one attached hydrogen (secondary N) is 1. The molecule has 0 bridgehead atoms. The van der Waals surface area contributed by atoms with Crippen molar-refractivity contribution in [1.82, 2.24) is 14.8 Å². The Kier molecular flexibility index (Phi) is 7.68. The number of benzene rings is 1. The monoisotopic (exact) mass is 457 g/mol. The second-order valence-electron chi connectivity index (χ2n) is 9.54. The van der Waals surface area contributed by atoms with Gasteiger partial charge < -0.3 is 19.5 Å². The lowest BCUT2D eigenvalue weighted by Crippen LogP contribution is -2.30. The Hall–Kier alpha value is -2.41. The fourth-order valence-corrected chi connectivity index (χ4v) is 5.60. The molecule has 180 valence electrons. The zero-order chi connectivity index (χ0) is 23.4. The van der Waals surface area contributed by atoms with Gasteiger partial charge in [-0.3, -0.25) is 9.59 Å². The molecule has 1 aromatic heterocycles. The van der Waals surface area contributed by atoms with E-state index < -0.39 is 6.67 Å². The molecule has 2 aliphatic rings. The largest absolute Gasteiger partial charge is 0.381 e. The minimum absolute atomic E-state index is 0.0320. The highest BCUT2D eigenvalue weighted by atomic mass is 19.1. The van der Waals surface area contributed by atoms with Gasteiger partial charge in [0.05, 0.1) is 0 Å². The summed E-state index contributed by atoms with van der Waals surface area (Å²) in [6.45, 7) is 1.73. The van der Waals surface area contributed by atoms with E-state index in [1.807, 2.05) is 6.07 Å². The van der Waals surface area contributed by atoms with Gasteiger partial charge in [-0.05, 0) is 74.1 Å². The topological polar surface area (TPSA) is 63.6 Å². The predicted octanol–water partition coefficient (Wildman–Crippen LogP) is 3.65. The van der Waals surface area contributed by atoms with Crippen LogP contribution in [-0.2, 0) is 29.4 Å². The summed E-state index contributed by atoms with van der Waals surface area (Å²) in [5.74, 6) is 1.22. The molecule has 4 rings (SSSR count). The van der Waals surface area contributed by atoms with Crippen LogP contribution >= 0.6 is 0 Å². The second-order valence-corrected chi connectivity index (χ2v) is 9.54. The number of aromatic nitrogens is 1. The molecule has 2 amide bonds. The van der Waals surface area contributed by atoms with Gasteiger partial charge >= 0.3 is 0 Å². The first kappa shape index (κ1) is 23.7. The van der Waals surface area contributed by atoms with E-state index in [4.69, 9.17) is 4.74 Å². The average molecular weight is 458 g/mol. The first-order valence-corrected chi connectivity index (χ1v) is 12.3. The summed E-state index contributed by atoms with van der Waals surface area (Å²) in [6, 6.07) is 6.05. The Labute approximate surface area is 195 Å². The van der Waals surface area contributed by atoms with Crippen LogP contribution in [0, 0.1) is 11.8 Å². The number of hydrogen-bond acceptors (Lipinski definition) is 3.